The van der Waals surface area contributed by atoms with Crippen molar-refractivity contribution in [2.45, 2.75) is 82.6 Å². The Morgan fingerprint density at radius 1 is 0.981 bits per heavy atom. The van der Waals surface area contributed by atoms with Crippen LogP contribution in [0, 0.1) is 5.92 Å². The van der Waals surface area contributed by atoms with E-state index in [0.29, 0.717) is 16.7 Å². The number of phosphoric ester groups is 1. The molecule has 1 saturated heterocycles. The van der Waals surface area contributed by atoms with Crippen LogP contribution in [0.4, 0.5) is 0 Å². The minimum atomic E-state index is -4.86. The predicted octanol–water partition coefficient (Wildman–Crippen LogP) is -0.0259. The quantitative estimate of drug-likeness (QED) is 0.0676. The van der Waals surface area contributed by atoms with Gasteiger partial charge in [0.25, 0.3) is 0 Å². The van der Waals surface area contributed by atoms with Gasteiger partial charge in [0, 0.05) is 30.5 Å². The van der Waals surface area contributed by atoms with Crippen LogP contribution in [-0.2, 0) is 51.0 Å². The summed E-state index contributed by atoms with van der Waals surface area (Å²) in [6.45, 7) is 2.81. The minimum absolute atomic E-state index is 0.0580. The van der Waals surface area contributed by atoms with Crippen LogP contribution in [-0.4, -0.2) is 103 Å². The highest BCUT2D eigenvalue weighted by molar-refractivity contribution is 7.46. The number of rotatable bonds is 16. The molecule has 1 fully saturated rings. The molecule has 0 spiro atoms. The lowest BCUT2D eigenvalue weighted by molar-refractivity contribution is -0.262. The number of aliphatic hydroxyl groups is 3. The Morgan fingerprint density at radius 2 is 1.63 bits per heavy atom. The molecule has 2 aliphatic rings. The van der Waals surface area contributed by atoms with Gasteiger partial charge in [-0.25, -0.2) is 9.36 Å². The number of Topliss-reactive ketones (excluding diaryl/α,β-unsaturated/α-hetero) is 2. The molecule has 52 heavy (non-hydrogen) atoms. The van der Waals surface area contributed by atoms with E-state index >= 15 is 0 Å². The van der Waals surface area contributed by atoms with Crippen molar-refractivity contribution in [3.05, 3.63) is 77.5 Å². The number of nitrogens with one attached hydrogen (secondary N) is 2. The smallest absolute Gasteiger partial charge is 0.404 e. The van der Waals surface area contributed by atoms with Crippen molar-refractivity contribution in [2.75, 3.05) is 6.54 Å². The van der Waals surface area contributed by atoms with E-state index < -0.39 is 74.0 Å². The highest BCUT2D eigenvalue weighted by Crippen LogP contribution is 2.37. The number of phosphoric acid groups is 1. The highest BCUT2D eigenvalue weighted by Gasteiger charge is 2.44. The van der Waals surface area contributed by atoms with E-state index in [1.54, 1.807) is 37.3 Å². The molecular formula is C34H42N3O14P. The maximum atomic E-state index is 13.9. The van der Waals surface area contributed by atoms with Crippen molar-refractivity contribution in [3.63, 3.8) is 0 Å². The molecule has 0 saturated carbocycles. The molecule has 7 N–H and O–H groups in total. The maximum Gasteiger partial charge on any atom is 0.524 e. The molecule has 1 unspecified atom stereocenters. The van der Waals surface area contributed by atoms with Gasteiger partial charge in [-0.05, 0) is 43.0 Å². The summed E-state index contributed by atoms with van der Waals surface area (Å²) in [5.41, 5.74) is 3.59. The summed E-state index contributed by atoms with van der Waals surface area (Å²) >= 11 is 0. The zero-order valence-corrected chi connectivity index (χ0v) is 29.3. The Kier molecular flexibility index (Phi) is 14.0. The third kappa shape index (κ3) is 11.3. The van der Waals surface area contributed by atoms with Crippen LogP contribution in [0.5, 0.6) is 5.75 Å². The van der Waals surface area contributed by atoms with Gasteiger partial charge in [-0.2, -0.15) is 0 Å². The van der Waals surface area contributed by atoms with Gasteiger partial charge in [-0.15, -0.1) is 5.48 Å². The number of ketones is 2. The standard InChI is InChI=1S/C34H42N3O14P/c1-3-27-30(41)31(42)29(34(45)49-27)36-50-33(44)25(14-21-9-11-24(12-10-21)51-52(46,47)48)35-32(43)22(13-20-7-5-4-6-8-20)15-23(38)18-37-17-19(2)26(39)16-28(37)40/h4-12,17,22,25,27,29-31,34,36,41-42,45H,3,13-16,18H2,1-2H3,(H,35,43)(H2,46,47,48)/t22-,25+,27+,29?,30+,31+,34+/m0/s1. The fourth-order valence-electron chi connectivity index (χ4n) is 5.73. The number of benzene rings is 2. The lowest BCUT2D eigenvalue weighted by Crippen LogP contribution is -2.63. The summed E-state index contributed by atoms with van der Waals surface area (Å²) in [7, 11) is -4.86. The summed E-state index contributed by atoms with van der Waals surface area (Å²) in [4.78, 5) is 89.5. The van der Waals surface area contributed by atoms with Crippen LogP contribution < -0.4 is 15.3 Å². The summed E-state index contributed by atoms with van der Waals surface area (Å²) in [6.07, 6.45) is -4.97. The number of amides is 2. The Labute approximate surface area is 298 Å². The topological polar surface area (TPSA) is 259 Å². The second-order valence-corrected chi connectivity index (χ2v) is 13.7. The Balaban J connectivity index is 1.55. The summed E-state index contributed by atoms with van der Waals surface area (Å²) in [5, 5.41) is 33.9. The molecule has 2 amide bonds. The van der Waals surface area contributed by atoms with Crippen molar-refractivity contribution in [2.24, 2.45) is 5.92 Å². The van der Waals surface area contributed by atoms with E-state index in [0.717, 1.165) is 4.90 Å². The average molecular weight is 748 g/mol. The first-order chi connectivity index (χ1) is 24.5. The second kappa shape index (κ2) is 17.9. The second-order valence-electron chi connectivity index (χ2n) is 12.6. The molecule has 0 radical (unpaired) electrons. The number of hydroxylamine groups is 1. The van der Waals surface area contributed by atoms with E-state index in [4.69, 9.17) is 19.4 Å². The molecular weight excluding hydrogens is 705 g/mol. The first-order valence-electron chi connectivity index (χ1n) is 16.4. The molecule has 282 valence electrons. The van der Waals surface area contributed by atoms with Gasteiger partial charge in [0.05, 0.1) is 19.1 Å². The van der Waals surface area contributed by atoms with Gasteiger partial charge in [-0.3, -0.25) is 29.0 Å². The number of hydrogen-bond donors (Lipinski definition) is 7. The van der Waals surface area contributed by atoms with Crippen LogP contribution in [0.2, 0.25) is 0 Å². The largest absolute Gasteiger partial charge is 0.524 e. The van der Waals surface area contributed by atoms with Gasteiger partial charge in [0.1, 0.15) is 30.0 Å². The molecule has 2 aromatic rings. The minimum Gasteiger partial charge on any atom is -0.404 e. The molecule has 17 nitrogen and oxygen atoms in total. The summed E-state index contributed by atoms with van der Waals surface area (Å²) < 4.78 is 21.1. The van der Waals surface area contributed by atoms with Crippen molar-refractivity contribution in [1.29, 1.82) is 0 Å². The van der Waals surface area contributed by atoms with Crippen molar-refractivity contribution < 1.29 is 67.7 Å². The molecule has 2 heterocycles. The third-order valence-electron chi connectivity index (χ3n) is 8.54. The molecule has 0 aliphatic carbocycles. The van der Waals surface area contributed by atoms with Crippen molar-refractivity contribution in [3.8, 4) is 5.75 Å². The SMILES string of the molecule is CC[C@H]1O[C@@H](O)C(NOC(=O)[C@@H](Cc2ccc(OP(=O)(O)O)cc2)NC(=O)[C@H](CC(=O)CN2C=C(C)C(=O)CC2=O)Cc2ccccc2)[C@@H](O)[C@@H]1O. The number of carbonyl (C=O) groups is 5. The van der Waals surface area contributed by atoms with E-state index in [2.05, 4.69) is 15.3 Å². The van der Waals surface area contributed by atoms with Gasteiger partial charge in [-0.1, -0.05) is 49.4 Å². The number of hydrogen-bond acceptors (Lipinski definition) is 13. The van der Waals surface area contributed by atoms with Crippen LogP contribution in [0.3, 0.4) is 0 Å². The van der Waals surface area contributed by atoms with Crippen LogP contribution in [0.1, 0.15) is 44.2 Å². The van der Waals surface area contributed by atoms with Gasteiger partial charge in [0.2, 0.25) is 11.8 Å². The Hall–Kier alpha value is -4.32. The lowest BCUT2D eigenvalue weighted by Gasteiger charge is -2.40. The van der Waals surface area contributed by atoms with E-state index in [1.807, 2.05) is 0 Å². The molecule has 0 aromatic heterocycles. The maximum absolute atomic E-state index is 13.9. The number of allylic oxidation sites excluding steroid dienone is 1. The fraction of sp³-hybridized carbons (Fsp3) is 0.441. The number of carbonyl (C=O) groups excluding carboxylic acids is 5. The molecule has 0 bridgehead atoms. The highest BCUT2D eigenvalue weighted by atomic mass is 31.2. The van der Waals surface area contributed by atoms with E-state index in [-0.39, 0.29) is 50.2 Å². The van der Waals surface area contributed by atoms with E-state index in [1.165, 1.54) is 37.4 Å². The van der Waals surface area contributed by atoms with Crippen LogP contribution in [0.15, 0.2) is 66.4 Å². The predicted molar refractivity (Wildman–Crippen MR) is 179 cm³/mol. The average Bonchev–Trinajstić information content (AvgIpc) is 3.08. The Bertz CT molecular complexity index is 1680. The van der Waals surface area contributed by atoms with Crippen molar-refractivity contribution in [1.82, 2.24) is 15.7 Å². The van der Waals surface area contributed by atoms with Crippen LogP contribution >= 0.6 is 7.82 Å². The molecule has 7 atom stereocenters. The lowest BCUT2D eigenvalue weighted by atomic mass is 9.92. The normalized spacial score (nSPS) is 23.3. The molecule has 2 aliphatic heterocycles. The van der Waals surface area contributed by atoms with Crippen molar-refractivity contribution >= 4 is 37.2 Å². The fourth-order valence-corrected chi connectivity index (χ4v) is 6.12. The van der Waals surface area contributed by atoms with E-state index in [9.17, 15) is 43.9 Å². The zero-order valence-electron chi connectivity index (χ0n) is 28.4. The number of aliphatic hydroxyl groups excluding tert-OH is 3. The number of nitrogens with zero attached hydrogens (tertiary/aromatic N) is 1. The number of ether oxygens (including phenoxy) is 1. The first-order valence-corrected chi connectivity index (χ1v) is 17.9. The Morgan fingerprint density at radius 3 is 2.27 bits per heavy atom. The van der Waals surface area contributed by atoms with Gasteiger partial charge < -0.3 is 39.6 Å². The van der Waals surface area contributed by atoms with Gasteiger partial charge in [0.15, 0.2) is 17.9 Å². The molecule has 2 aromatic carbocycles. The monoisotopic (exact) mass is 747 g/mol. The summed E-state index contributed by atoms with van der Waals surface area (Å²) in [6, 6.07) is 11.0. The molecule has 4 rings (SSSR count). The third-order valence-corrected chi connectivity index (χ3v) is 8.99. The van der Waals surface area contributed by atoms with Crippen LogP contribution in [0.25, 0.3) is 0 Å². The first kappa shape index (κ1) is 40.5. The van der Waals surface area contributed by atoms with Gasteiger partial charge >= 0.3 is 13.8 Å². The zero-order chi connectivity index (χ0) is 38.2. The summed E-state index contributed by atoms with van der Waals surface area (Å²) in [5.74, 6) is -4.48. The molecule has 18 heteroatoms.